The summed E-state index contributed by atoms with van der Waals surface area (Å²) in [7, 11) is 3.33. The molecule has 0 saturated carbocycles. The van der Waals surface area contributed by atoms with Crippen LogP contribution in [0.15, 0.2) is 48.9 Å². The lowest BCUT2D eigenvalue weighted by Gasteiger charge is -2.32. The largest absolute Gasteiger partial charge is 0.496 e. The Morgan fingerprint density at radius 2 is 1.74 bits per heavy atom. The molecule has 1 fully saturated rings. The molecule has 9 heteroatoms. The molecule has 5 aromatic rings. The van der Waals surface area contributed by atoms with Crippen molar-refractivity contribution in [2.75, 3.05) is 32.2 Å². The summed E-state index contributed by atoms with van der Waals surface area (Å²) < 4.78 is 10.8. The fourth-order valence-electron chi connectivity index (χ4n) is 5.31. The Morgan fingerprint density at radius 3 is 2.53 bits per heavy atom. The number of aromatic nitrogens is 6. The van der Waals surface area contributed by atoms with Gasteiger partial charge in [0.2, 0.25) is 5.88 Å². The van der Waals surface area contributed by atoms with Crippen molar-refractivity contribution in [2.45, 2.75) is 32.6 Å². The van der Waals surface area contributed by atoms with Crippen LogP contribution in [-0.2, 0) is 0 Å². The van der Waals surface area contributed by atoms with E-state index in [0.29, 0.717) is 11.8 Å². The number of pyridine rings is 1. The van der Waals surface area contributed by atoms with Crippen LogP contribution in [0.3, 0.4) is 0 Å². The van der Waals surface area contributed by atoms with Crippen LogP contribution in [0.1, 0.15) is 35.8 Å². The highest BCUT2D eigenvalue weighted by Gasteiger charge is 2.26. The maximum Gasteiger partial charge on any atom is 0.213 e. The number of benzene rings is 1. The number of hydrogen-bond acceptors (Lipinski definition) is 7. The van der Waals surface area contributed by atoms with Gasteiger partial charge in [-0.25, -0.2) is 19.9 Å². The van der Waals surface area contributed by atoms with Gasteiger partial charge in [-0.05, 0) is 50.5 Å². The van der Waals surface area contributed by atoms with E-state index < -0.39 is 0 Å². The number of methoxy groups -OCH3 is 2. The van der Waals surface area contributed by atoms with E-state index in [0.717, 1.165) is 88.1 Å². The second kappa shape index (κ2) is 9.81. The van der Waals surface area contributed by atoms with Crippen LogP contribution < -0.4 is 14.4 Å². The Balaban J connectivity index is 1.21. The molecule has 0 spiro atoms. The van der Waals surface area contributed by atoms with Crippen molar-refractivity contribution in [3.05, 3.63) is 66.0 Å². The molecule has 0 amide bonds. The monoisotopic (exact) mass is 509 g/mol. The van der Waals surface area contributed by atoms with Crippen LogP contribution in [0.5, 0.6) is 11.6 Å². The lowest BCUT2D eigenvalue weighted by Crippen LogP contribution is -2.33. The minimum absolute atomic E-state index is 0.370. The summed E-state index contributed by atoms with van der Waals surface area (Å²) in [6.45, 7) is 5.93. The van der Waals surface area contributed by atoms with Gasteiger partial charge in [0.15, 0.2) is 0 Å². The van der Waals surface area contributed by atoms with Gasteiger partial charge >= 0.3 is 0 Å². The maximum absolute atomic E-state index is 5.53. The predicted molar refractivity (Wildman–Crippen MR) is 148 cm³/mol. The van der Waals surface area contributed by atoms with E-state index in [9.17, 15) is 0 Å². The summed E-state index contributed by atoms with van der Waals surface area (Å²) in [5.74, 6) is 3.84. The summed E-state index contributed by atoms with van der Waals surface area (Å²) >= 11 is 0. The minimum Gasteiger partial charge on any atom is -0.496 e. The normalized spacial score (nSPS) is 14.3. The van der Waals surface area contributed by atoms with Gasteiger partial charge in [0, 0.05) is 53.8 Å². The average Bonchev–Trinajstić information content (AvgIpc) is 3.57. The van der Waals surface area contributed by atoms with Gasteiger partial charge in [-0.2, -0.15) is 0 Å². The average molecular weight is 510 g/mol. The SMILES string of the molecule is COc1cc(-c2cc3c(N4CCC(c5nc(-c6ccc(C)c(OC)c6)c(C)[nH]5)CC4)ncnc3[nH]2)ccn1. The smallest absolute Gasteiger partial charge is 0.213 e. The molecule has 0 atom stereocenters. The second-order valence-corrected chi connectivity index (χ2v) is 9.77. The van der Waals surface area contributed by atoms with Gasteiger partial charge in [-0.15, -0.1) is 0 Å². The molecule has 0 radical (unpaired) electrons. The summed E-state index contributed by atoms with van der Waals surface area (Å²) in [4.78, 5) is 27.7. The summed E-state index contributed by atoms with van der Waals surface area (Å²) in [5.41, 5.74) is 7.04. The number of imidazole rings is 1. The molecule has 0 aliphatic carbocycles. The molecular weight excluding hydrogens is 478 g/mol. The number of rotatable bonds is 6. The van der Waals surface area contributed by atoms with Crippen LogP contribution in [0, 0.1) is 13.8 Å². The number of nitrogens with zero attached hydrogens (tertiary/aromatic N) is 5. The molecule has 0 unspecified atom stereocenters. The van der Waals surface area contributed by atoms with Crippen LogP contribution in [0.25, 0.3) is 33.5 Å². The third kappa shape index (κ3) is 4.34. The quantitative estimate of drug-likeness (QED) is 0.315. The molecule has 9 nitrogen and oxygen atoms in total. The minimum atomic E-state index is 0.370. The summed E-state index contributed by atoms with van der Waals surface area (Å²) in [5, 5.41) is 1.01. The highest BCUT2D eigenvalue weighted by molar-refractivity contribution is 5.92. The van der Waals surface area contributed by atoms with Gasteiger partial charge in [0.1, 0.15) is 29.4 Å². The standard InChI is InChI=1S/C29H31N7O2/c1-17-5-6-21(13-24(17)37-3)26-18(2)33-27(35-26)19-8-11-36(12-9-19)29-22-15-23(34-28(22)31-16-32-29)20-7-10-30-25(14-20)38-4/h5-7,10,13-16,19H,8-9,11-12H2,1-4H3,(H,33,35)(H,31,32,34). The highest BCUT2D eigenvalue weighted by Crippen LogP contribution is 2.35. The Hall–Kier alpha value is -4.40. The fourth-order valence-corrected chi connectivity index (χ4v) is 5.31. The topological polar surface area (TPSA) is 105 Å². The third-order valence-electron chi connectivity index (χ3n) is 7.43. The van der Waals surface area contributed by atoms with Crippen molar-refractivity contribution in [2.24, 2.45) is 0 Å². The number of anilines is 1. The van der Waals surface area contributed by atoms with E-state index in [1.807, 2.05) is 12.1 Å². The molecule has 5 heterocycles. The van der Waals surface area contributed by atoms with Crippen molar-refractivity contribution in [3.8, 4) is 34.1 Å². The van der Waals surface area contributed by atoms with Crippen molar-refractivity contribution >= 4 is 16.9 Å². The molecular formula is C29H31N7O2. The number of aryl methyl sites for hydroxylation is 2. The second-order valence-electron chi connectivity index (χ2n) is 9.77. The van der Waals surface area contributed by atoms with Gasteiger partial charge in [0.25, 0.3) is 0 Å². The first-order valence-corrected chi connectivity index (χ1v) is 12.8. The zero-order valence-corrected chi connectivity index (χ0v) is 22.1. The molecule has 1 aliphatic heterocycles. The number of piperidine rings is 1. The highest BCUT2D eigenvalue weighted by atomic mass is 16.5. The van der Waals surface area contributed by atoms with E-state index >= 15 is 0 Å². The van der Waals surface area contributed by atoms with E-state index in [4.69, 9.17) is 14.5 Å². The molecule has 1 saturated heterocycles. The molecule has 4 aromatic heterocycles. The molecule has 1 aliphatic rings. The van der Waals surface area contributed by atoms with Crippen LogP contribution in [-0.4, -0.2) is 57.2 Å². The first kappa shape index (κ1) is 24.0. The van der Waals surface area contributed by atoms with E-state index in [1.165, 1.54) is 0 Å². The lowest BCUT2D eigenvalue weighted by molar-refractivity contribution is 0.398. The Labute approximate surface area is 221 Å². The van der Waals surface area contributed by atoms with Crippen molar-refractivity contribution in [1.82, 2.24) is 29.9 Å². The van der Waals surface area contributed by atoms with Crippen LogP contribution in [0.4, 0.5) is 5.82 Å². The van der Waals surface area contributed by atoms with Crippen LogP contribution >= 0.6 is 0 Å². The Bertz CT molecular complexity index is 1600. The van der Waals surface area contributed by atoms with Crippen LogP contribution in [0.2, 0.25) is 0 Å². The number of fused-ring (bicyclic) bond motifs is 1. The maximum atomic E-state index is 5.53. The predicted octanol–water partition coefficient (Wildman–Crippen LogP) is 5.43. The number of H-pyrrole nitrogens is 2. The molecule has 0 bridgehead atoms. The van der Waals surface area contributed by atoms with E-state index in [-0.39, 0.29) is 0 Å². The zero-order valence-electron chi connectivity index (χ0n) is 22.1. The molecule has 38 heavy (non-hydrogen) atoms. The molecule has 2 N–H and O–H groups in total. The van der Waals surface area contributed by atoms with Gasteiger partial charge in [-0.3, -0.25) is 0 Å². The van der Waals surface area contributed by atoms with Gasteiger partial charge in [0.05, 0.1) is 25.3 Å². The third-order valence-corrected chi connectivity index (χ3v) is 7.43. The summed E-state index contributed by atoms with van der Waals surface area (Å²) in [6, 6.07) is 12.2. The zero-order chi connectivity index (χ0) is 26.2. The van der Waals surface area contributed by atoms with E-state index in [1.54, 1.807) is 26.7 Å². The number of aromatic amines is 2. The summed E-state index contributed by atoms with van der Waals surface area (Å²) in [6.07, 6.45) is 5.37. The van der Waals surface area contributed by atoms with Crippen molar-refractivity contribution < 1.29 is 9.47 Å². The Morgan fingerprint density at radius 1 is 0.895 bits per heavy atom. The van der Waals surface area contributed by atoms with E-state index in [2.05, 4.69) is 67.9 Å². The number of ether oxygens (including phenoxy) is 2. The first-order chi connectivity index (χ1) is 18.5. The molecule has 1 aromatic carbocycles. The fraction of sp³-hybridized carbons (Fsp3) is 0.310. The Kier molecular flexibility index (Phi) is 6.19. The lowest BCUT2D eigenvalue weighted by atomic mass is 9.96. The van der Waals surface area contributed by atoms with Gasteiger partial charge < -0.3 is 24.3 Å². The first-order valence-electron chi connectivity index (χ1n) is 12.8. The number of hydrogen-bond donors (Lipinski definition) is 2. The molecule has 194 valence electrons. The van der Waals surface area contributed by atoms with Gasteiger partial charge in [-0.1, -0.05) is 12.1 Å². The number of nitrogens with one attached hydrogen (secondary N) is 2. The van der Waals surface area contributed by atoms with Crippen molar-refractivity contribution in [3.63, 3.8) is 0 Å². The van der Waals surface area contributed by atoms with Crippen molar-refractivity contribution in [1.29, 1.82) is 0 Å². The molecule has 6 rings (SSSR count).